The minimum absolute atomic E-state index is 0.153. The highest BCUT2D eigenvalue weighted by molar-refractivity contribution is 5.26. The Morgan fingerprint density at radius 1 is 1.67 bits per heavy atom. The van der Waals surface area contributed by atoms with Crippen molar-refractivity contribution in [1.29, 1.82) is 0 Å². The van der Waals surface area contributed by atoms with E-state index in [1.807, 2.05) is 6.92 Å². The van der Waals surface area contributed by atoms with Crippen molar-refractivity contribution in [3.05, 3.63) is 12.3 Å². The van der Waals surface area contributed by atoms with Crippen molar-refractivity contribution < 1.29 is 5.11 Å². The highest BCUT2D eigenvalue weighted by Crippen LogP contribution is 2.15. The fourth-order valence-corrected chi connectivity index (χ4v) is 1.29. The van der Waals surface area contributed by atoms with Gasteiger partial charge < -0.3 is 10.8 Å². The third kappa shape index (κ3) is 1.98. The van der Waals surface area contributed by atoms with Crippen LogP contribution < -0.4 is 5.73 Å². The van der Waals surface area contributed by atoms with E-state index in [1.165, 1.54) is 0 Å². The molecule has 0 aliphatic rings. The number of nitrogens with two attached hydrogens (primary N) is 1. The van der Waals surface area contributed by atoms with Gasteiger partial charge in [-0.05, 0) is 26.3 Å². The molecule has 0 saturated carbocycles. The van der Waals surface area contributed by atoms with Crippen LogP contribution in [0.25, 0.3) is 0 Å². The molecule has 1 aromatic rings. The zero-order chi connectivity index (χ0) is 9.14. The van der Waals surface area contributed by atoms with Crippen LogP contribution in [-0.2, 0) is 0 Å². The number of anilines is 1. The summed E-state index contributed by atoms with van der Waals surface area (Å²) in [5, 5.41) is 13.2. The predicted molar refractivity (Wildman–Crippen MR) is 47.6 cm³/mol. The minimum atomic E-state index is -0.316. The topological polar surface area (TPSA) is 64.1 Å². The van der Waals surface area contributed by atoms with Gasteiger partial charge in [-0.25, -0.2) is 4.68 Å². The molecule has 0 fully saturated rings. The molecule has 4 nitrogen and oxygen atoms in total. The summed E-state index contributed by atoms with van der Waals surface area (Å²) >= 11 is 0. The van der Waals surface area contributed by atoms with E-state index in [0.29, 0.717) is 12.2 Å². The molecule has 3 N–H and O–H groups in total. The molecule has 0 bridgehead atoms. The van der Waals surface area contributed by atoms with Gasteiger partial charge in [-0.15, -0.1) is 0 Å². The Hall–Kier alpha value is -1.03. The molecule has 2 unspecified atom stereocenters. The van der Waals surface area contributed by atoms with Crippen LogP contribution in [0.3, 0.4) is 0 Å². The zero-order valence-electron chi connectivity index (χ0n) is 7.44. The monoisotopic (exact) mass is 169 g/mol. The summed E-state index contributed by atoms with van der Waals surface area (Å²) in [5.41, 5.74) is 5.64. The maximum Gasteiger partial charge on any atom is 0.121 e. The summed E-state index contributed by atoms with van der Waals surface area (Å²) < 4.78 is 1.72. The van der Waals surface area contributed by atoms with Crippen molar-refractivity contribution in [3.8, 4) is 0 Å². The number of hydrogen-bond donors (Lipinski definition) is 2. The first kappa shape index (κ1) is 9.06. The second kappa shape index (κ2) is 3.58. The molecule has 4 heteroatoms. The SMILES string of the molecule is CC(O)CC(C)n1nccc1N. The molecule has 1 heterocycles. The normalized spacial score (nSPS) is 15.9. The number of aliphatic hydroxyl groups excluding tert-OH is 1. The van der Waals surface area contributed by atoms with Gasteiger partial charge in [0.05, 0.1) is 18.3 Å². The molecule has 0 saturated heterocycles. The van der Waals surface area contributed by atoms with Crippen molar-refractivity contribution >= 4 is 5.82 Å². The Balaban J connectivity index is 2.65. The summed E-state index contributed by atoms with van der Waals surface area (Å²) in [6, 6.07) is 1.90. The van der Waals surface area contributed by atoms with Gasteiger partial charge in [0, 0.05) is 0 Å². The van der Waals surface area contributed by atoms with E-state index in [1.54, 1.807) is 23.9 Å². The third-order valence-corrected chi connectivity index (χ3v) is 1.80. The lowest BCUT2D eigenvalue weighted by molar-refractivity contribution is 0.163. The molecular formula is C8H15N3O. The Kier molecular flexibility index (Phi) is 2.70. The lowest BCUT2D eigenvalue weighted by Crippen LogP contribution is -2.15. The minimum Gasteiger partial charge on any atom is -0.393 e. The van der Waals surface area contributed by atoms with Crippen molar-refractivity contribution in [1.82, 2.24) is 9.78 Å². The summed E-state index contributed by atoms with van der Waals surface area (Å²) in [5.74, 6) is 0.642. The molecule has 0 spiro atoms. The molecule has 2 atom stereocenters. The Morgan fingerprint density at radius 3 is 2.75 bits per heavy atom. The standard InChI is InChI=1S/C8H15N3O/c1-6(5-7(2)12)11-8(9)3-4-10-11/h3-4,6-7,12H,5,9H2,1-2H3. The van der Waals surface area contributed by atoms with E-state index >= 15 is 0 Å². The molecule has 1 rings (SSSR count). The van der Waals surface area contributed by atoms with Crippen LogP contribution in [0.2, 0.25) is 0 Å². The number of hydrogen-bond acceptors (Lipinski definition) is 3. The highest BCUT2D eigenvalue weighted by atomic mass is 16.3. The van der Waals surface area contributed by atoms with Crippen molar-refractivity contribution in [3.63, 3.8) is 0 Å². The van der Waals surface area contributed by atoms with Crippen LogP contribution in [-0.4, -0.2) is 21.0 Å². The largest absolute Gasteiger partial charge is 0.393 e. The molecule has 0 aliphatic carbocycles. The zero-order valence-corrected chi connectivity index (χ0v) is 7.44. The summed E-state index contributed by atoms with van der Waals surface area (Å²) in [4.78, 5) is 0. The van der Waals surface area contributed by atoms with Gasteiger partial charge in [0.25, 0.3) is 0 Å². The fourth-order valence-electron chi connectivity index (χ4n) is 1.29. The van der Waals surface area contributed by atoms with Crippen molar-refractivity contribution in [2.24, 2.45) is 0 Å². The summed E-state index contributed by atoms with van der Waals surface area (Å²) in [6.07, 6.45) is 2.02. The highest BCUT2D eigenvalue weighted by Gasteiger charge is 2.10. The smallest absolute Gasteiger partial charge is 0.121 e. The molecular weight excluding hydrogens is 154 g/mol. The van der Waals surface area contributed by atoms with Gasteiger partial charge in [0.2, 0.25) is 0 Å². The van der Waals surface area contributed by atoms with Crippen LogP contribution in [0.5, 0.6) is 0 Å². The summed E-state index contributed by atoms with van der Waals surface area (Å²) in [7, 11) is 0. The quantitative estimate of drug-likeness (QED) is 0.703. The number of rotatable bonds is 3. The lowest BCUT2D eigenvalue weighted by Gasteiger charge is -2.14. The third-order valence-electron chi connectivity index (χ3n) is 1.80. The maximum absolute atomic E-state index is 9.13. The van der Waals surface area contributed by atoms with Gasteiger partial charge in [-0.3, -0.25) is 0 Å². The van der Waals surface area contributed by atoms with E-state index < -0.39 is 0 Å². The molecule has 0 radical (unpaired) electrons. The molecule has 0 amide bonds. The summed E-state index contributed by atoms with van der Waals surface area (Å²) in [6.45, 7) is 3.74. The predicted octanol–water partition coefficient (Wildman–Crippen LogP) is 0.797. The molecule has 0 aliphatic heterocycles. The van der Waals surface area contributed by atoms with Crippen LogP contribution in [0.4, 0.5) is 5.82 Å². The van der Waals surface area contributed by atoms with E-state index in [2.05, 4.69) is 5.10 Å². The number of aromatic nitrogens is 2. The average Bonchev–Trinajstić information content (AvgIpc) is 2.33. The van der Waals surface area contributed by atoms with Gasteiger partial charge in [0.1, 0.15) is 5.82 Å². The van der Waals surface area contributed by atoms with E-state index in [-0.39, 0.29) is 12.1 Å². The van der Waals surface area contributed by atoms with Crippen molar-refractivity contribution in [2.45, 2.75) is 32.4 Å². The van der Waals surface area contributed by atoms with Crippen molar-refractivity contribution in [2.75, 3.05) is 5.73 Å². The number of nitrogens with zero attached hydrogens (tertiary/aromatic N) is 2. The Bertz CT molecular complexity index is 244. The fraction of sp³-hybridized carbons (Fsp3) is 0.625. The van der Waals surface area contributed by atoms with Crippen LogP contribution in [0.15, 0.2) is 12.3 Å². The first-order valence-electron chi connectivity index (χ1n) is 4.08. The van der Waals surface area contributed by atoms with Gasteiger partial charge in [-0.2, -0.15) is 5.10 Å². The second-order valence-electron chi connectivity index (χ2n) is 3.13. The molecule has 68 valence electrons. The molecule has 0 aromatic carbocycles. The second-order valence-corrected chi connectivity index (χ2v) is 3.13. The van der Waals surface area contributed by atoms with Gasteiger partial charge >= 0.3 is 0 Å². The average molecular weight is 169 g/mol. The van der Waals surface area contributed by atoms with E-state index in [9.17, 15) is 0 Å². The molecule has 1 aromatic heterocycles. The van der Waals surface area contributed by atoms with E-state index in [4.69, 9.17) is 10.8 Å². The Labute approximate surface area is 72.0 Å². The van der Waals surface area contributed by atoms with Crippen LogP contribution in [0.1, 0.15) is 26.3 Å². The van der Waals surface area contributed by atoms with E-state index in [0.717, 1.165) is 0 Å². The lowest BCUT2D eigenvalue weighted by atomic mass is 10.2. The Morgan fingerprint density at radius 2 is 2.33 bits per heavy atom. The first-order valence-corrected chi connectivity index (χ1v) is 4.08. The van der Waals surface area contributed by atoms with Gasteiger partial charge in [-0.1, -0.05) is 0 Å². The maximum atomic E-state index is 9.13. The first-order chi connectivity index (χ1) is 5.61. The number of aliphatic hydroxyl groups is 1. The molecule has 12 heavy (non-hydrogen) atoms. The van der Waals surface area contributed by atoms with Crippen LogP contribution in [0, 0.1) is 0 Å². The number of nitrogen functional groups attached to an aromatic ring is 1. The van der Waals surface area contributed by atoms with Crippen LogP contribution >= 0.6 is 0 Å². The van der Waals surface area contributed by atoms with Gasteiger partial charge in [0.15, 0.2) is 0 Å².